The first-order valence-electron chi connectivity index (χ1n) is 6.53. The number of carbonyl (C=O) groups excluding carboxylic acids is 1. The van der Waals surface area contributed by atoms with Crippen molar-refractivity contribution in [1.29, 1.82) is 0 Å². The molecule has 0 radical (unpaired) electrons. The first-order valence-corrected chi connectivity index (χ1v) is 6.53. The topological polar surface area (TPSA) is 57.6 Å². The van der Waals surface area contributed by atoms with E-state index in [9.17, 15) is 18.4 Å². The minimum Gasteiger partial charge on any atom is -0.479 e. The Kier molecular flexibility index (Phi) is 4.35. The van der Waals surface area contributed by atoms with Gasteiger partial charge in [-0.1, -0.05) is 24.3 Å². The Hall–Kier alpha value is -2.24. The van der Waals surface area contributed by atoms with E-state index in [-0.39, 0.29) is 31.1 Å². The van der Waals surface area contributed by atoms with Crippen LogP contribution in [0.25, 0.3) is 6.08 Å². The number of carbonyl (C=O) groups is 2. The molecule has 1 aromatic carbocycles. The van der Waals surface area contributed by atoms with Crippen LogP contribution in [0.1, 0.15) is 18.4 Å². The second-order valence-corrected chi connectivity index (χ2v) is 4.99. The van der Waals surface area contributed by atoms with E-state index >= 15 is 0 Å². The third-order valence-corrected chi connectivity index (χ3v) is 3.43. The number of benzene rings is 1. The quantitative estimate of drug-likeness (QED) is 0.927. The zero-order valence-corrected chi connectivity index (χ0v) is 11.3. The third-order valence-electron chi connectivity index (χ3n) is 3.43. The molecule has 1 unspecified atom stereocenters. The van der Waals surface area contributed by atoms with Gasteiger partial charge in [0.1, 0.15) is 5.82 Å². The predicted molar refractivity (Wildman–Crippen MR) is 72.7 cm³/mol. The van der Waals surface area contributed by atoms with Gasteiger partial charge in [-0.15, -0.1) is 0 Å². The zero-order valence-electron chi connectivity index (χ0n) is 11.3. The van der Waals surface area contributed by atoms with Crippen molar-refractivity contribution in [1.82, 2.24) is 4.90 Å². The zero-order chi connectivity index (χ0) is 15.5. The van der Waals surface area contributed by atoms with Crippen molar-refractivity contribution in [2.75, 3.05) is 13.1 Å². The summed E-state index contributed by atoms with van der Waals surface area (Å²) in [6.07, 6.45) is 3.12. The van der Waals surface area contributed by atoms with Crippen molar-refractivity contribution < 1.29 is 23.5 Å². The number of carboxylic acid groups (broad SMARTS) is 1. The maximum atomic E-state index is 13.8. The highest BCUT2D eigenvalue weighted by atomic mass is 19.1. The van der Waals surface area contributed by atoms with Crippen molar-refractivity contribution in [3.05, 3.63) is 41.7 Å². The molecule has 0 saturated carbocycles. The van der Waals surface area contributed by atoms with Gasteiger partial charge in [0.2, 0.25) is 11.6 Å². The van der Waals surface area contributed by atoms with Crippen LogP contribution in [0.4, 0.5) is 8.78 Å². The van der Waals surface area contributed by atoms with Crippen LogP contribution in [0.5, 0.6) is 0 Å². The van der Waals surface area contributed by atoms with E-state index < -0.39 is 18.2 Å². The summed E-state index contributed by atoms with van der Waals surface area (Å²) in [4.78, 5) is 23.8. The largest absolute Gasteiger partial charge is 0.479 e. The number of alkyl halides is 1. The Morgan fingerprint density at radius 3 is 2.57 bits per heavy atom. The third kappa shape index (κ3) is 3.65. The monoisotopic (exact) mass is 295 g/mol. The maximum Gasteiger partial charge on any atom is 0.343 e. The molecule has 1 atom stereocenters. The van der Waals surface area contributed by atoms with Crippen LogP contribution in [-0.2, 0) is 9.59 Å². The summed E-state index contributed by atoms with van der Waals surface area (Å²) < 4.78 is 26.5. The van der Waals surface area contributed by atoms with Gasteiger partial charge in [-0.2, -0.15) is 0 Å². The van der Waals surface area contributed by atoms with Crippen molar-refractivity contribution in [3.8, 4) is 0 Å². The fourth-order valence-electron chi connectivity index (χ4n) is 2.16. The van der Waals surface area contributed by atoms with Crippen molar-refractivity contribution in [2.45, 2.75) is 18.5 Å². The summed E-state index contributed by atoms with van der Waals surface area (Å²) in [6, 6.07) is 5.77. The molecule has 112 valence electrons. The average molecular weight is 295 g/mol. The lowest BCUT2D eigenvalue weighted by Crippen LogP contribution is -2.38. The molecule has 1 N–H and O–H groups in total. The van der Waals surface area contributed by atoms with Crippen LogP contribution < -0.4 is 0 Å². The molecule has 0 bridgehead atoms. The lowest BCUT2D eigenvalue weighted by atomic mass is 10.1. The molecule has 21 heavy (non-hydrogen) atoms. The van der Waals surface area contributed by atoms with Crippen molar-refractivity contribution >= 4 is 18.0 Å². The molecule has 1 aliphatic rings. The first-order chi connectivity index (χ1) is 9.90. The molecule has 0 aliphatic carbocycles. The van der Waals surface area contributed by atoms with Crippen molar-refractivity contribution in [3.63, 3.8) is 0 Å². The lowest BCUT2D eigenvalue weighted by molar-refractivity contribution is -0.150. The van der Waals surface area contributed by atoms with E-state index in [0.717, 1.165) is 5.56 Å². The number of halogens is 2. The predicted octanol–water partition coefficient (Wildman–Crippen LogP) is 2.25. The van der Waals surface area contributed by atoms with Gasteiger partial charge in [0.25, 0.3) is 0 Å². The molecular formula is C15H15F2NO3. The van der Waals surface area contributed by atoms with Crippen LogP contribution >= 0.6 is 0 Å². The van der Waals surface area contributed by atoms with E-state index in [2.05, 4.69) is 0 Å². The van der Waals surface area contributed by atoms with Gasteiger partial charge < -0.3 is 10.0 Å². The molecular weight excluding hydrogens is 280 g/mol. The van der Waals surface area contributed by atoms with E-state index in [0.29, 0.717) is 0 Å². The summed E-state index contributed by atoms with van der Waals surface area (Å²) in [5.74, 6) is -2.19. The average Bonchev–Trinajstić information content (AvgIpc) is 2.85. The molecule has 4 nitrogen and oxygen atoms in total. The Labute approximate surface area is 120 Å². The standard InChI is InChI=1S/C15H15F2NO3/c16-12-6-4-11(5-7-12)2-1-3-13(19)18-9-8-15(17,10-18)14(20)21/h1-2,4-7H,3,8-10H2,(H,20,21)/b2-1+. The molecule has 1 aliphatic heterocycles. The number of likely N-dealkylation sites (tertiary alicyclic amines) is 1. The van der Waals surface area contributed by atoms with Crippen LogP contribution in [0.3, 0.4) is 0 Å². The van der Waals surface area contributed by atoms with Crippen LogP contribution in [-0.4, -0.2) is 40.6 Å². The number of carboxylic acids is 1. The van der Waals surface area contributed by atoms with Gasteiger partial charge >= 0.3 is 5.97 Å². The number of rotatable bonds is 4. The molecule has 1 saturated heterocycles. The van der Waals surface area contributed by atoms with Crippen LogP contribution in [0.2, 0.25) is 0 Å². The second kappa shape index (κ2) is 6.03. The normalized spacial score (nSPS) is 21.9. The first kappa shape index (κ1) is 15.2. The Morgan fingerprint density at radius 2 is 2.00 bits per heavy atom. The van der Waals surface area contributed by atoms with Crippen LogP contribution in [0, 0.1) is 5.82 Å². The molecule has 2 rings (SSSR count). The number of nitrogens with zero attached hydrogens (tertiary/aromatic N) is 1. The number of aliphatic carboxylic acids is 1. The Bertz CT molecular complexity index is 571. The van der Waals surface area contributed by atoms with E-state index in [4.69, 9.17) is 5.11 Å². The Morgan fingerprint density at radius 1 is 1.33 bits per heavy atom. The van der Waals surface area contributed by atoms with Gasteiger partial charge in [0, 0.05) is 19.4 Å². The highest BCUT2D eigenvalue weighted by Crippen LogP contribution is 2.26. The number of amides is 1. The number of hydrogen-bond acceptors (Lipinski definition) is 2. The van der Waals surface area contributed by atoms with Gasteiger partial charge in [-0.05, 0) is 17.7 Å². The molecule has 1 heterocycles. The summed E-state index contributed by atoms with van der Waals surface area (Å²) in [7, 11) is 0. The molecule has 0 aromatic heterocycles. The molecule has 1 amide bonds. The summed E-state index contributed by atoms with van der Waals surface area (Å²) in [5, 5.41) is 8.76. The highest BCUT2D eigenvalue weighted by molar-refractivity contribution is 5.83. The smallest absolute Gasteiger partial charge is 0.343 e. The summed E-state index contributed by atoms with van der Waals surface area (Å²) >= 11 is 0. The van der Waals surface area contributed by atoms with E-state index in [1.807, 2.05) is 0 Å². The second-order valence-electron chi connectivity index (χ2n) is 4.99. The SMILES string of the molecule is O=C(C/C=C/c1ccc(F)cc1)N1CCC(F)(C(=O)O)C1. The van der Waals surface area contributed by atoms with Crippen molar-refractivity contribution in [2.24, 2.45) is 0 Å². The maximum absolute atomic E-state index is 13.8. The fraction of sp³-hybridized carbons (Fsp3) is 0.333. The molecule has 6 heteroatoms. The fourth-order valence-corrected chi connectivity index (χ4v) is 2.16. The highest BCUT2D eigenvalue weighted by Gasteiger charge is 2.46. The lowest BCUT2D eigenvalue weighted by Gasteiger charge is -2.16. The molecule has 1 fully saturated rings. The van der Waals surface area contributed by atoms with E-state index in [1.165, 1.54) is 17.0 Å². The summed E-state index contributed by atoms with van der Waals surface area (Å²) in [5.41, 5.74) is -1.59. The van der Waals surface area contributed by atoms with Crippen LogP contribution in [0.15, 0.2) is 30.3 Å². The molecule has 0 spiro atoms. The summed E-state index contributed by atoms with van der Waals surface area (Å²) in [6.45, 7) is -0.308. The number of hydrogen-bond donors (Lipinski definition) is 1. The molecule has 1 aromatic rings. The van der Waals surface area contributed by atoms with Gasteiger partial charge in [0.15, 0.2) is 0 Å². The van der Waals surface area contributed by atoms with Gasteiger partial charge in [-0.25, -0.2) is 13.6 Å². The minimum absolute atomic E-state index is 0.0487. The minimum atomic E-state index is -2.34. The Balaban J connectivity index is 1.88. The van der Waals surface area contributed by atoms with Gasteiger partial charge in [-0.3, -0.25) is 4.79 Å². The van der Waals surface area contributed by atoms with Gasteiger partial charge in [0.05, 0.1) is 6.54 Å². The van der Waals surface area contributed by atoms with E-state index in [1.54, 1.807) is 24.3 Å².